The van der Waals surface area contributed by atoms with Gasteiger partial charge in [0.25, 0.3) is 0 Å². The Bertz CT molecular complexity index is 967. The van der Waals surface area contributed by atoms with Gasteiger partial charge in [0.15, 0.2) is 5.17 Å². The number of anilines is 4. The summed E-state index contributed by atoms with van der Waals surface area (Å²) >= 11 is 1.61. The molecule has 0 spiro atoms. The number of rotatable bonds is 4. The van der Waals surface area contributed by atoms with E-state index in [1.54, 1.807) is 21.6 Å². The molecule has 5 N–H and O–H groups in total. The monoisotopic (exact) mass is 471 g/mol. The summed E-state index contributed by atoms with van der Waals surface area (Å²) in [5, 5.41) is 3.89. The van der Waals surface area contributed by atoms with Crippen LogP contribution in [0.3, 0.4) is 0 Å². The summed E-state index contributed by atoms with van der Waals surface area (Å²) in [5.41, 5.74) is 11.5. The molecule has 1 aliphatic heterocycles. The molecule has 4 rings (SSSR count). The Morgan fingerprint density at radius 2 is 1.70 bits per heavy atom. The minimum Gasteiger partial charge on any atom is -0.368 e. The van der Waals surface area contributed by atoms with Crippen LogP contribution < -0.4 is 21.7 Å². The largest absolute Gasteiger partial charge is 0.368 e. The van der Waals surface area contributed by atoms with Gasteiger partial charge in [-0.05, 0) is 59.6 Å². The van der Waals surface area contributed by atoms with E-state index in [4.69, 9.17) is 16.5 Å². The molecule has 2 aromatic rings. The lowest BCUT2D eigenvalue weighted by molar-refractivity contribution is 0.220. The predicted octanol–water partition coefficient (Wildman–Crippen LogP) is 3.79. The third-order valence-corrected chi connectivity index (χ3v) is 5.50. The SMILES string of the molecule is CC(C)N1C(=O)N(c2ccccc2)CS/C1=N\C(C)(C)C.Nc1nc(N)nc(NC2CC2)n1. The highest BCUT2D eigenvalue weighted by Crippen LogP contribution is 2.29. The van der Waals surface area contributed by atoms with E-state index in [1.807, 2.05) is 65.0 Å². The van der Waals surface area contributed by atoms with E-state index in [9.17, 15) is 4.79 Å². The molecule has 1 saturated carbocycles. The molecule has 11 heteroatoms. The second-order valence-corrected chi connectivity index (χ2v) is 10.1. The first-order chi connectivity index (χ1) is 15.5. The average Bonchev–Trinajstić information content (AvgIpc) is 3.51. The van der Waals surface area contributed by atoms with Gasteiger partial charge in [-0.3, -0.25) is 14.8 Å². The van der Waals surface area contributed by atoms with Crippen LogP contribution in [0.2, 0.25) is 0 Å². The number of hydrogen-bond donors (Lipinski definition) is 3. The Hall–Kier alpha value is -3.08. The van der Waals surface area contributed by atoms with Gasteiger partial charge in [0.2, 0.25) is 17.8 Å². The van der Waals surface area contributed by atoms with Gasteiger partial charge < -0.3 is 16.8 Å². The number of aliphatic imine (C=N–C) groups is 1. The summed E-state index contributed by atoms with van der Waals surface area (Å²) in [6, 6.07) is 10.3. The molecular formula is C22H33N9OS. The molecule has 10 nitrogen and oxygen atoms in total. The molecule has 2 aliphatic rings. The second kappa shape index (κ2) is 10.2. The Kier molecular flexibility index (Phi) is 7.62. The lowest BCUT2D eigenvalue weighted by Gasteiger charge is -2.38. The molecule has 1 aromatic carbocycles. The van der Waals surface area contributed by atoms with E-state index in [1.165, 1.54) is 0 Å². The number of aromatic nitrogens is 3. The van der Waals surface area contributed by atoms with E-state index < -0.39 is 0 Å². The van der Waals surface area contributed by atoms with Crippen molar-refractivity contribution < 1.29 is 4.79 Å². The summed E-state index contributed by atoms with van der Waals surface area (Å²) in [5.74, 6) is 1.39. The van der Waals surface area contributed by atoms with Crippen molar-refractivity contribution in [3.63, 3.8) is 0 Å². The Morgan fingerprint density at radius 3 is 2.21 bits per heavy atom. The zero-order valence-corrected chi connectivity index (χ0v) is 20.6. The first-order valence-corrected chi connectivity index (χ1v) is 11.9. The molecule has 2 amide bonds. The second-order valence-electron chi connectivity index (χ2n) is 9.14. The molecule has 1 saturated heterocycles. The highest BCUT2D eigenvalue weighted by Gasteiger charge is 2.34. The number of amidine groups is 1. The number of carbonyl (C=O) groups is 1. The fraction of sp³-hybridized carbons (Fsp3) is 0.500. The number of nitrogens with one attached hydrogen (secondary N) is 1. The van der Waals surface area contributed by atoms with Crippen LogP contribution >= 0.6 is 11.8 Å². The van der Waals surface area contributed by atoms with Crippen molar-refractivity contribution >= 4 is 46.5 Å². The lowest BCUT2D eigenvalue weighted by Crippen LogP contribution is -2.53. The molecule has 1 aliphatic carbocycles. The normalized spacial score (nSPS) is 17.8. The van der Waals surface area contributed by atoms with E-state index in [0.29, 0.717) is 17.9 Å². The maximum Gasteiger partial charge on any atom is 0.331 e. The van der Waals surface area contributed by atoms with E-state index in [-0.39, 0.29) is 29.5 Å². The van der Waals surface area contributed by atoms with Crippen LogP contribution in [-0.4, -0.2) is 54.6 Å². The molecule has 178 valence electrons. The van der Waals surface area contributed by atoms with Crippen LogP contribution in [0.1, 0.15) is 47.5 Å². The van der Waals surface area contributed by atoms with Crippen LogP contribution in [0, 0.1) is 0 Å². The summed E-state index contributed by atoms with van der Waals surface area (Å²) in [6.07, 6.45) is 2.32. The fourth-order valence-electron chi connectivity index (χ4n) is 2.95. The Balaban J connectivity index is 0.000000215. The van der Waals surface area contributed by atoms with Crippen molar-refractivity contribution in [1.29, 1.82) is 0 Å². The van der Waals surface area contributed by atoms with E-state index >= 15 is 0 Å². The standard InChI is InChI=1S/C16H23N3OS.C6H10N6/c1-12(2)19-14(17-16(3,4)5)21-11-18(15(19)20)13-9-7-6-8-10-13;7-4-10-5(8)12-6(11-4)9-3-1-2-3/h6-10,12H,11H2,1-5H3;3H,1-2H2,(H5,7,8,9,10,11,12)/b17-14-;. The van der Waals surface area contributed by atoms with Gasteiger partial charge in [0.05, 0.1) is 11.4 Å². The molecule has 2 heterocycles. The van der Waals surface area contributed by atoms with Crippen LogP contribution in [0.25, 0.3) is 0 Å². The van der Waals surface area contributed by atoms with Crippen LogP contribution in [0.5, 0.6) is 0 Å². The Morgan fingerprint density at radius 1 is 1.09 bits per heavy atom. The zero-order valence-electron chi connectivity index (χ0n) is 19.8. The van der Waals surface area contributed by atoms with Crippen molar-refractivity contribution in [3.8, 4) is 0 Å². The number of amides is 2. The first kappa shape index (κ1) is 24.6. The summed E-state index contributed by atoms with van der Waals surface area (Å²) in [7, 11) is 0. The van der Waals surface area contributed by atoms with Gasteiger partial charge in [0, 0.05) is 17.8 Å². The number of hydrogen-bond acceptors (Lipinski definition) is 9. The van der Waals surface area contributed by atoms with Crippen molar-refractivity contribution in [2.45, 2.75) is 65.1 Å². The highest BCUT2D eigenvalue weighted by molar-refractivity contribution is 8.14. The molecule has 0 atom stereocenters. The van der Waals surface area contributed by atoms with E-state index in [0.717, 1.165) is 23.7 Å². The third kappa shape index (κ3) is 7.21. The Labute approximate surface area is 199 Å². The number of nitrogens with two attached hydrogens (primary N) is 2. The summed E-state index contributed by atoms with van der Waals surface area (Å²) in [6.45, 7) is 10.2. The smallest absolute Gasteiger partial charge is 0.331 e. The van der Waals surface area contributed by atoms with Gasteiger partial charge >= 0.3 is 6.03 Å². The lowest BCUT2D eigenvalue weighted by atomic mass is 10.1. The average molecular weight is 472 g/mol. The number of carbonyl (C=O) groups excluding carboxylic acids is 1. The summed E-state index contributed by atoms with van der Waals surface area (Å²) in [4.78, 5) is 32.5. The van der Waals surface area contributed by atoms with Gasteiger partial charge in [0.1, 0.15) is 0 Å². The van der Waals surface area contributed by atoms with Crippen LogP contribution in [0.15, 0.2) is 35.3 Å². The number of nitrogen functional groups attached to an aromatic ring is 2. The number of nitrogens with zero attached hydrogens (tertiary/aromatic N) is 6. The van der Waals surface area contributed by atoms with Crippen LogP contribution in [-0.2, 0) is 0 Å². The zero-order chi connectivity index (χ0) is 24.2. The maximum atomic E-state index is 12.8. The quantitative estimate of drug-likeness (QED) is 0.612. The third-order valence-electron chi connectivity index (χ3n) is 4.56. The molecule has 0 bridgehead atoms. The van der Waals surface area contributed by atoms with Gasteiger partial charge in [-0.1, -0.05) is 30.0 Å². The maximum absolute atomic E-state index is 12.8. The van der Waals surface area contributed by atoms with Crippen molar-refractivity contribution in [3.05, 3.63) is 30.3 Å². The number of para-hydroxylation sites is 1. The number of thioether (sulfide) groups is 1. The van der Waals surface area contributed by atoms with Crippen LogP contribution in [0.4, 0.5) is 28.3 Å². The fourth-order valence-corrected chi connectivity index (χ4v) is 4.22. The van der Waals surface area contributed by atoms with Gasteiger partial charge in [-0.2, -0.15) is 15.0 Å². The molecule has 2 fully saturated rings. The van der Waals surface area contributed by atoms with Gasteiger partial charge in [-0.25, -0.2) is 4.79 Å². The molecule has 33 heavy (non-hydrogen) atoms. The predicted molar refractivity (Wildman–Crippen MR) is 136 cm³/mol. The topological polar surface area (TPSA) is 139 Å². The molecule has 1 aromatic heterocycles. The highest BCUT2D eigenvalue weighted by atomic mass is 32.2. The van der Waals surface area contributed by atoms with Crippen molar-refractivity contribution in [1.82, 2.24) is 19.9 Å². The number of urea groups is 1. The number of benzene rings is 1. The molecule has 0 unspecified atom stereocenters. The summed E-state index contributed by atoms with van der Waals surface area (Å²) < 4.78 is 0. The van der Waals surface area contributed by atoms with E-state index in [2.05, 4.69) is 20.3 Å². The van der Waals surface area contributed by atoms with Gasteiger partial charge in [-0.15, -0.1) is 0 Å². The van der Waals surface area contributed by atoms with Crippen molar-refractivity contribution in [2.24, 2.45) is 4.99 Å². The minimum atomic E-state index is -0.190. The molecule has 0 radical (unpaired) electrons. The molecular weight excluding hydrogens is 438 g/mol. The van der Waals surface area contributed by atoms with Crippen molar-refractivity contribution in [2.75, 3.05) is 27.6 Å². The first-order valence-electron chi connectivity index (χ1n) is 11.0. The minimum absolute atomic E-state index is 0.00190.